The van der Waals surface area contributed by atoms with E-state index >= 15 is 0 Å². The molecule has 0 aliphatic carbocycles. The molecule has 1 aromatic rings. The number of hydrogen-bond donors (Lipinski definition) is 1. The first-order chi connectivity index (χ1) is 7.10. The molecule has 3 nitrogen and oxygen atoms in total. The van der Waals surface area contributed by atoms with E-state index in [2.05, 4.69) is 31.1 Å². The van der Waals surface area contributed by atoms with Crippen molar-refractivity contribution in [1.82, 2.24) is 10.3 Å². The minimum Gasteiger partial charge on any atom is -0.369 e. The smallest absolute Gasteiger partial charge is 0.124 e. The quantitative estimate of drug-likeness (QED) is 0.812. The highest BCUT2D eigenvalue weighted by Crippen LogP contribution is 2.28. The minimum atomic E-state index is -0.260. The predicted molar refractivity (Wildman–Crippen MR) is 64.1 cm³/mol. The molecule has 0 spiro atoms. The van der Waals surface area contributed by atoms with Gasteiger partial charge in [-0.05, 0) is 27.3 Å². The SMILES string of the molecule is CCNCc1cnc(C(C)(C)OCC)s1. The lowest BCUT2D eigenvalue weighted by molar-refractivity contribution is -0.0141. The van der Waals surface area contributed by atoms with Crippen molar-refractivity contribution in [3.8, 4) is 0 Å². The van der Waals surface area contributed by atoms with E-state index in [1.165, 1.54) is 4.88 Å². The lowest BCUT2D eigenvalue weighted by atomic mass is 10.1. The van der Waals surface area contributed by atoms with E-state index in [9.17, 15) is 0 Å². The number of hydrogen-bond acceptors (Lipinski definition) is 4. The predicted octanol–water partition coefficient (Wildman–Crippen LogP) is 2.52. The Morgan fingerprint density at radius 3 is 2.80 bits per heavy atom. The van der Waals surface area contributed by atoms with Crippen LogP contribution >= 0.6 is 11.3 Å². The third-order valence-electron chi connectivity index (χ3n) is 2.12. The van der Waals surface area contributed by atoms with Gasteiger partial charge < -0.3 is 10.1 Å². The standard InChI is InChI=1S/C11H20N2OS/c1-5-12-7-9-8-13-10(15-9)11(3,4)14-6-2/h8,12H,5-7H2,1-4H3. The van der Waals surface area contributed by atoms with Crippen molar-refractivity contribution in [2.45, 2.75) is 39.8 Å². The molecule has 86 valence electrons. The van der Waals surface area contributed by atoms with Gasteiger partial charge in [0, 0.05) is 24.2 Å². The molecule has 1 N–H and O–H groups in total. The second-order valence-electron chi connectivity index (χ2n) is 3.86. The number of ether oxygens (including phenoxy) is 1. The summed E-state index contributed by atoms with van der Waals surface area (Å²) in [6.07, 6.45) is 1.93. The highest BCUT2D eigenvalue weighted by molar-refractivity contribution is 7.11. The van der Waals surface area contributed by atoms with Gasteiger partial charge in [-0.25, -0.2) is 4.98 Å². The fourth-order valence-electron chi connectivity index (χ4n) is 1.34. The Bertz CT molecular complexity index is 297. The van der Waals surface area contributed by atoms with Gasteiger partial charge in [0.15, 0.2) is 0 Å². The molecule has 0 saturated heterocycles. The van der Waals surface area contributed by atoms with Crippen LogP contribution in [0.15, 0.2) is 6.20 Å². The van der Waals surface area contributed by atoms with Gasteiger partial charge >= 0.3 is 0 Å². The summed E-state index contributed by atoms with van der Waals surface area (Å²) in [6.45, 7) is 10.8. The highest BCUT2D eigenvalue weighted by Gasteiger charge is 2.24. The maximum absolute atomic E-state index is 5.66. The van der Waals surface area contributed by atoms with Crippen molar-refractivity contribution in [2.24, 2.45) is 0 Å². The molecular formula is C11H20N2OS. The van der Waals surface area contributed by atoms with Crippen molar-refractivity contribution in [3.63, 3.8) is 0 Å². The van der Waals surface area contributed by atoms with E-state index in [4.69, 9.17) is 4.74 Å². The summed E-state index contributed by atoms with van der Waals surface area (Å²) in [5, 5.41) is 4.34. The molecular weight excluding hydrogens is 208 g/mol. The fourth-order valence-corrected chi connectivity index (χ4v) is 2.28. The molecule has 0 aliphatic heterocycles. The molecule has 1 aromatic heterocycles. The van der Waals surface area contributed by atoms with Gasteiger partial charge in [-0.3, -0.25) is 0 Å². The van der Waals surface area contributed by atoms with Crippen LogP contribution in [0.1, 0.15) is 37.6 Å². The van der Waals surface area contributed by atoms with E-state index in [0.29, 0.717) is 0 Å². The van der Waals surface area contributed by atoms with Crippen LogP contribution < -0.4 is 5.32 Å². The lowest BCUT2D eigenvalue weighted by Crippen LogP contribution is -2.21. The normalized spacial score (nSPS) is 12.0. The summed E-state index contributed by atoms with van der Waals surface area (Å²) in [5.74, 6) is 0. The van der Waals surface area contributed by atoms with Gasteiger partial charge in [-0.1, -0.05) is 6.92 Å². The van der Waals surface area contributed by atoms with Gasteiger partial charge in [0.2, 0.25) is 0 Å². The van der Waals surface area contributed by atoms with Gasteiger partial charge in [0.05, 0.1) is 0 Å². The summed E-state index contributed by atoms with van der Waals surface area (Å²) in [5.41, 5.74) is -0.260. The van der Waals surface area contributed by atoms with Crippen LogP contribution in [0.2, 0.25) is 0 Å². The van der Waals surface area contributed by atoms with Crippen LogP contribution in [0, 0.1) is 0 Å². The first kappa shape index (κ1) is 12.6. The minimum absolute atomic E-state index is 0.260. The zero-order valence-corrected chi connectivity index (χ0v) is 10.8. The molecule has 0 aliphatic rings. The lowest BCUT2D eigenvalue weighted by Gasteiger charge is -2.21. The van der Waals surface area contributed by atoms with Crippen molar-refractivity contribution < 1.29 is 4.74 Å². The molecule has 0 aromatic carbocycles. The number of aromatic nitrogens is 1. The molecule has 0 bridgehead atoms. The van der Waals surface area contributed by atoms with Crippen molar-refractivity contribution >= 4 is 11.3 Å². The monoisotopic (exact) mass is 228 g/mol. The Hall–Kier alpha value is -0.450. The maximum atomic E-state index is 5.66. The molecule has 0 atom stereocenters. The van der Waals surface area contributed by atoms with E-state index in [-0.39, 0.29) is 5.60 Å². The van der Waals surface area contributed by atoms with E-state index in [0.717, 1.165) is 24.7 Å². The first-order valence-electron chi connectivity index (χ1n) is 5.40. The zero-order valence-electron chi connectivity index (χ0n) is 9.96. The maximum Gasteiger partial charge on any atom is 0.124 e. The average Bonchev–Trinajstić information content (AvgIpc) is 2.63. The molecule has 0 radical (unpaired) electrons. The second-order valence-corrected chi connectivity index (χ2v) is 4.97. The Labute approximate surface area is 95.9 Å². The van der Waals surface area contributed by atoms with Crippen molar-refractivity contribution in [2.75, 3.05) is 13.2 Å². The van der Waals surface area contributed by atoms with Crippen molar-refractivity contribution in [3.05, 3.63) is 16.1 Å². The summed E-state index contributed by atoms with van der Waals surface area (Å²) in [7, 11) is 0. The molecule has 0 unspecified atom stereocenters. The van der Waals surface area contributed by atoms with Crippen LogP contribution in [0.4, 0.5) is 0 Å². The van der Waals surface area contributed by atoms with E-state index in [1.807, 2.05) is 13.1 Å². The number of nitrogens with zero attached hydrogens (tertiary/aromatic N) is 1. The Kier molecular flexibility index (Phi) is 4.70. The van der Waals surface area contributed by atoms with Gasteiger partial charge in [0.1, 0.15) is 10.6 Å². The summed E-state index contributed by atoms with van der Waals surface area (Å²) in [6, 6.07) is 0. The molecule has 0 saturated carbocycles. The number of thiazole rings is 1. The molecule has 0 amide bonds. The van der Waals surface area contributed by atoms with E-state index < -0.39 is 0 Å². The average molecular weight is 228 g/mol. The Morgan fingerprint density at radius 2 is 2.20 bits per heavy atom. The van der Waals surface area contributed by atoms with Gasteiger partial charge in [-0.15, -0.1) is 11.3 Å². The Morgan fingerprint density at radius 1 is 1.47 bits per heavy atom. The molecule has 0 fully saturated rings. The van der Waals surface area contributed by atoms with Crippen LogP contribution in [0.5, 0.6) is 0 Å². The third-order valence-corrected chi connectivity index (χ3v) is 3.43. The molecule has 4 heteroatoms. The first-order valence-corrected chi connectivity index (χ1v) is 6.21. The highest BCUT2D eigenvalue weighted by atomic mass is 32.1. The summed E-state index contributed by atoms with van der Waals surface area (Å²) in [4.78, 5) is 5.68. The number of rotatable bonds is 6. The van der Waals surface area contributed by atoms with Crippen LogP contribution in [0.25, 0.3) is 0 Å². The zero-order chi connectivity index (χ0) is 11.3. The molecule has 15 heavy (non-hydrogen) atoms. The summed E-state index contributed by atoms with van der Waals surface area (Å²) >= 11 is 1.72. The van der Waals surface area contributed by atoms with Crippen LogP contribution in [-0.2, 0) is 16.9 Å². The largest absolute Gasteiger partial charge is 0.369 e. The van der Waals surface area contributed by atoms with Gasteiger partial charge in [0.25, 0.3) is 0 Å². The van der Waals surface area contributed by atoms with Crippen molar-refractivity contribution in [1.29, 1.82) is 0 Å². The third kappa shape index (κ3) is 3.55. The Balaban J connectivity index is 2.66. The van der Waals surface area contributed by atoms with Gasteiger partial charge in [-0.2, -0.15) is 0 Å². The molecule has 1 rings (SSSR count). The second kappa shape index (κ2) is 5.58. The topological polar surface area (TPSA) is 34.2 Å². The number of nitrogens with one attached hydrogen (secondary N) is 1. The van der Waals surface area contributed by atoms with Crippen LogP contribution in [-0.4, -0.2) is 18.1 Å². The molecule has 1 heterocycles. The van der Waals surface area contributed by atoms with Crippen LogP contribution in [0.3, 0.4) is 0 Å². The fraction of sp³-hybridized carbons (Fsp3) is 0.727. The van der Waals surface area contributed by atoms with E-state index in [1.54, 1.807) is 11.3 Å². The summed E-state index contributed by atoms with van der Waals surface area (Å²) < 4.78 is 5.66.